The molecule has 0 bridgehead atoms. The lowest BCUT2D eigenvalue weighted by atomic mass is 9.96. The van der Waals surface area contributed by atoms with Gasteiger partial charge in [-0.3, -0.25) is 4.98 Å². The predicted octanol–water partition coefficient (Wildman–Crippen LogP) is 4.21. The van der Waals surface area contributed by atoms with Crippen molar-refractivity contribution in [2.24, 2.45) is 7.05 Å². The summed E-state index contributed by atoms with van der Waals surface area (Å²) < 4.78 is 2.24. The molecule has 3 aromatic rings. The predicted molar refractivity (Wildman–Crippen MR) is 112 cm³/mol. The molecule has 1 N–H and O–H groups in total. The first-order valence-corrected chi connectivity index (χ1v) is 9.62. The highest BCUT2D eigenvalue weighted by atomic mass is 32.1. The van der Waals surface area contributed by atoms with E-state index < -0.39 is 0 Å². The van der Waals surface area contributed by atoms with Crippen LogP contribution in [0.3, 0.4) is 0 Å². The van der Waals surface area contributed by atoms with Crippen LogP contribution in [0, 0.1) is 13.8 Å². The van der Waals surface area contributed by atoms with Crippen LogP contribution in [-0.4, -0.2) is 19.6 Å². The molecule has 4 rings (SSSR count). The van der Waals surface area contributed by atoms with Crippen LogP contribution in [0.2, 0.25) is 0 Å². The molecule has 1 fully saturated rings. The van der Waals surface area contributed by atoms with Crippen LogP contribution >= 0.6 is 12.2 Å². The first-order valence-electron chi connectivity index (χ1n) is 9.21. The maximum Gasteiger partial charge on any atom is 0.170 e. The third-order valence-corrected chi connectivity index (χ3v) is 5.88. The molecule has 1 saturated heterocycles. The number of nitrogens with zero attached hydrogens (tertiary/aromatic N) is 3. The van der Waals surface area contributed by atoms with Crippen LogP contribution in [0.5, 0.6) is 0 Å². The minimum Gasteiger partial charge on any atom is -0.352 e. The second kappa shape index (κ2) is 7.16. The van der Waals surface area contributed by atoms with E-state index in [9.17, 15) is 0 Å². The molecule has 2 atom stereocenters. The van der Waals surface area contributed by atoms with Crippen molar-refractivity contribution < 1.29 is 0 Å². The molecule has 0 saturated carbocycles. The van der Waals surface area contributed by atoms with Gasteiger partial charge in [-0.2, -0.15) is 0 Å². The van der Waals surface area contributed by atoms with E-state index in [-0.39, 0.29) is 12.1 Å². The molecule has 3 heterocycles. The molecule has 2 unspecified atom stereocenters. The zero-order valence-electron chi connectivity index (χ0n) is 15.9. The van der Waals surface area contributed by atoms with Crippen molar-refractivity contribution in [3.05, 3.63) is 89.0 Å². The zero-order chi connectivity index (χ0) is 19.0. The van der Waals surface area contributed by atoms with Crippen molar-refractivity contribution in [2.75, 3.05) is 0 Å². The summed E-state index contributed by atoms with van der Waals surface area (Å²) in [5.74, 6) is 0. The smallest absolute Gasteiger partial charge is 0.170 e. The third-order valence-electron chi connectivity index (χ3n) is 5.53. The van der Waals surface area contributed by atoms with Gasteiger partial charge in [0.15, 0.2) is 5.11 Å². The zero-order valence-corrected chi connectivity index (χ0v) is 16.7. The summed E-state index contributed by atoms with van der Waals surface area (Å²) in [6.45, 7) is 5.10. The fourth-order valence-electron chi connectivity index (χ4n) is 3.88. The Balaban J connectivity index is 1.79. The van der Waals surface area contributed by atoms with Gasteiger partial charge in [0.2, 0.25) is 0 Å². The summed E-state index contributed by atoms with van der Waals surface area (Å²) in [6.07, 6.45) is 1.85. The van der Waals surface area contributed by atoms with Gasteiger partial charge in [-0.25, -0.2) is 0 Å². The van der Waals surface area contributed by atoms with Crippen molar-refractivity contribution in [2.45, 2.75) is 32.5 Å². The maximum atomic E-state index is 5.76. The lowest BCUT2D eigenvalue weighted by molar-refractivity contribution is 0.310. The average molecular weight is 377 g/mol. The summed E-state index contributed by atoms with van der Waals surface area (Å²) in [6, 6.07) is 19.0. The lowest BCUT2D eigenvalue weighted by Crippen LogP contribution is -2.29. The van der Waals surface area contributed by atoms with E-state index in [0.717, 1.165) is 17.4 Å². The molecule has 0 spiro atoms. The molecule has 138 valence electrons. The standard InChI is InChI=1S/C22H24N4S/c1-15-13-18(16(2)25(15)3)21-20(19-11-7-8-12-23-19)24-22(27)26(21)14-17-9-5-4-6-10-17/h4-13,20-21H,14H2,1-3H3,(H,24,27). The summed E-state index contributed by atoms with van der Waals surface area (Å²) in [7, 11) is 2.12. The van der Waals surface area contributed by atoms with Crippen molar-refractivity contribution in [1.29, 1.82) is 0 Å². The van der Waals surface area contributed by atoms with E-state index in [2.05, 4.69) is 77.1 Å². The Labute approximate surface area is 165 Å². The molecule has 1 aromatic carbocycles. The molecule has 4 nitrogen and oxygen atoms in total. The second-order valence-corrected chi connectivity index (χ2v) is 7.51. The molecule has 1 aliphatic heterocycles. The van der Waals surface area contributed by atoms with Gasteiger partial charge in [0.1, 0.15) is 0 Å². The molecule has 0 aliphatic carbocycles. The van der Waals surface area contributed by atoms with Gasteiger partial charge in [-0.05, 0) is 55.4 Å². The van der Waals surface area contributed by atoms with Gasteiger partial charge >= 0.3 is 0 Å². The summed E-state index contributed by atoms with van der Waals surface area (Å²) >= 11 is 5.76. The van der Waals surface area contributed by atoms with Gasteiger partial charge < -0.3 is 14.8 Å². The highest BCUT2D eigenvalue weighted by molar-refractivity contribution is 7.80. The highest BCUT2D eigenvalue weighted by Crippen LogP contribution is 2.41. The molecule has 5 heteroatoms. The Morgan fingerprint density at radius 2 is 1.81 bits per heavy atom. The van der Waals surface area contributed by atoms with Gasteiger partial charge in [-0.1, -0.05) is 36.4 Å². The number of benzene rings is 1. The number of aryl methyl sites for hydroxylation is 1. The number of thiocarbonyl (C=S) groups is 1. The SMILES string of the molecule is Cc1cc(C2C(c3ccccn3)NC(=S)N2Cc2ccccc2)c(C)n1C. The molecular weight excluding hydrogens is 352 g/mol. The fourth-order valence-corrected chi connectivity index (χ4v) is 4.18. The first-order chi connectivity index (χ1) is 13.1. The summed E-state index contributed by atoms with van der Waals surface area (Å²) in [5, 5.41) is 4.31. The number of hydrogen-bond donors (Lipinski definition) is 1. The summed E-state index contributed by atoms with van der Waals surface area (Å²) in [4.78, 5) is 6.91. The first kappa shape index (κ1) is 17.7. The molecule has 27 heavy (non-hydrogen) atoms. The minimum atomic E-state index is 0.0305. The van der Waals surface area contributed by atoms with Gasteiger partial charge in [-0.15, -0.1) is 0 Å². The van der Waals surface area contributed by atoms with Crippen LogP contribution in [0.1, 0.15) is 40.3 Å². The van der Waals surface area contributed by atoms with Gasteiger partial charge in [0, 0.05) is 31.2 Å². The topological polar surface area (TPSA) is 33.1 Å². The average Bonchev–Trinajstić information content (AvgIpc) is 3.14. The normalized spacial score (nSPS) is 19.4. The molecule has 1 aliphatic rings. The van der Waals surface area contributed by atoms with Crippen LogP contribution in [-0.2, 0) is 13.6 Å². The number of rotatable bonds is 4. The molecule has 0 amide bonds. The van der Waals surface area contributed by atoms with Gasteiger partial charge in [0.25, 0.3) is 0 Å². The van der Waals surface area contributed by atoms with Crippen molar-refractivity contribution in [3.8, 4) is 0 Å². The maximum absolute atomic E-state index is 5.76. The summed E-state index contributed by atoms with van der Waals surface area (Å²) in [5.41, 5.74) is 6.08. The Hall–Kier alpha value is -2.66. The Kier molecular flexibility index (Phi) is 4.70. The van der Waals surface area contributed by atoms with E-state index in [1.807, 2.05) is 24.4 Å². The van der Waals surface area contributed by atoms with E-state index in [0.29, 0.717) is 0 Å². The lowest BCUT2D eigenvalue weighted by Gasteiger charge is -2.28. The second-order valence-electron chi connectivity index (χ2n) is 7.13. The van der Waals surface area contributed by atoms with Crippen LogP contribution in [0.4, 0.5) is 0 Å². The van der Waals surface area contributed by atoms with E-state index >= 15 is 0 Å². The number of aromatic nitrogens is 2. The van der Waals surface area contributed by atoms with Crippen LogP contribution in [0.25, 0.3) is 0 Å². The Bertz CT molecular complexity index is 949. The van der Waals surface area contributed by atoms with E-state index in [4.69, 9.17) is 12.2 Å². The van der Waals surface area contributed by atoms with Gasteiger partial charge in [0.05, 0.1) is 17.8 Å². The molecular formula is C22H24N4S. The molecule has 0 radical (unpaired) electrons. The van der Waals surface area contributed by atoms with Crippen molar-refractivity contribution in [1.82, 2.24) is 19.8 Å². The fraction of sp³-hybridized carbons (Fsp3) is 0.273. The number of nitrogens with one attached hydrogen (secondary N) is 1. The van der Waals surface area contributed by atoms with E-state index in [1.165, 1.54) is 22.5 Å². The van der Waals surface area contributed by atoms with Crippen molar-refractivity contribution >= 4 is 17.3 Å². The largest absolute Gasteiger partial charge is 0.352 e. The quantitative estimate of drug-likeness (QED) is 0.692. The molecule has 2 aromatic heterocycles. The Morgan fingerprint density at radius 3 is 2.44 bits per heavy atom. The van der Waals surface area contributed by atoms with Crippen LogP contribution < -0.4 is 5.32 Å². The minimum absolute atomic E-state index is 0.0305. The monoisotopic (exact) mass is 376 g/mol. The van der Waals surface area contributed by atoms with E-state index in [1.54, 1.807) is 0 Å². The number of pyridine rings is 1. The van der Waals surface area contributed by atoms with Crippen LogP contribution in [0.15, 0.2) is 60.8 Å². The highest BCUT2D eigenvalue weighted by Gasteiger charge is 2.41. The Morgan fingerprint density at radius 1 is 1.07 bits per heavy atom. The van der Waals surface area contributed by atoms with Crippen molar-refractivity contribution in [3.63, 3.8) is 0 Å². The third kappa shape index (κ3) is 3.23. The number of hydrogen-bond acceptors (Lipinski definition) is 2.